The van der Waals surface area contributed by atoms with Crippen LogP contribution in [0.3, 0.4) is 0 Å². The molecule has 0 amide bonds. The van der Waals surface area contributed by atoms with Gasteiger partial charge in [-0.1, -0.05) is 35.9 Å². The normalized spacial score (nSPS) is 10.8. The zero-order valence-corrected chi connectivity index (χ0v) is 16.3. The van der Waals surface area contributed by atoms with Crippen LogP contribution in [0.15, 0.2) is 76.1 Å². The molecule has 5 nitrogen and oxygen atoms in total. The molecule has 0 fully saturated rings. The SMILES string of the molecule is COc1ccc(-c2coc3cc(OCc4ccc(Cl)cc4)cc(O)c3c2=O)cc1. The van der Waals surface area contributed by atoms with Gasteiger partial charge in [0.2, 0.25) is 5.43 Å². The van der Waals surface area contributed by atoms with E-state index >= 15 is 0 Å². The van der Waals surface area contributed by atoms with E-state index < -0.39 is 0 Å². The average molecular weight is 409 g/mol. The minimum Gasteiger partial charge on any atom is -0.507 e. The van der Waals surface area contributed by atoms with Gasteiger partial charge in [0, 0.05) is 17.2 Å². The van der Waals surface area contributed by atoms with Crippen LogP contribution in [0.2, 0.25) is 5.02 Å². The molecule has 1 aromatic heterocycles. The molecule has 0 aliphatic rings. The molecule has 6 heteroatoms. The summed E-state index contributed by atoms with van der Waals surface area (Å²) in [5.41, 5.74) is 1.87. The lowest BCUT2D eigenvalue weighted by Crippen LogP contribution is -2.05. The minimum absolute atomic E-state index is 0.108. The predicted molar refractivity (Wildman–Crippen MR) is 112 cm³/mol. The first-order valence-corrected chi connectivity index (χ1v) is 9.23. The van der Waals surface area contributed by atoms with Gasteiger partial charge in [-0.15, -0.1) is 0 Å². The summed E-state index contributed by atoms with van der Waals surface area (Å²) < 4.78 is 16.5. The number of phenols is 1. The highest BCUT2D eigenvalue weighted by molar-refractivity contribution is 6.30. The molecule has 4 rings (SSSR count). The van der Waals surface area contributed by atoms with Crippen LogP contribution in [0.5, 0.6) is 17.2 Å². The van der Waals surface area contributed by atoms with Crippen molar-refractivity contribution in [3.05, 3.63) is 87.7 Å². The third-order valence-corrected chi connectivity index (χ3v) is 4.80. The van der Waals surface area contributed by atoms with Gasteiger partial charge < -0.3 is 19.0 Å². The fourth-order valence-corrected chi connectivity index (χ4v) is 3.13. The Morgan fingerprint density at radius 1 is 1.00 bits per heavy atom. The Morgan fingerprint density at radius 2 is 1.72 bits per heavy atom. The van der Waals surface area contributed by atoms with Crippen molar-refractivity contribution in [1.82, 2.24) is 0 Å². The van der Waals surface area contributed by atoms with E-state index in [1.54, 1.807) is 49.6 Å². The van der Waals surface area contributed by atoms with E-state index in [2.05, 4.69) is 0 Å². The highest BCUT2D eigenvalue weighted by Crippen LogP contribution is 2.31. The first-order chi connectivity index (χ1) is 14.0. The summed E-state index contributed by atoms with van der Waals surface area (Å²) in [6.45, 7) is 0.288. The van der Waals surface area contributed by atoms with Crippen LogP contribution >= 0.6 is 11.6 Å². The Balaban J connectivity index is 1.66. The number of benzene rings is 3. The van der Waals surface area contributed by atoms with Crippen LogP contribution in [-0.4, -0.2) is 12.2 Å². The number of rotatable bonds is 5. The summed E-state index contributed by atoms with van der Waals surface area (Å²) in [7, 11) is 1.57. The van der Waals surface area contributed by atoms with E-state index in [4.69, 9.17) is 25.5 Å². The van der Waals surface area contributed by atoms with E-state index in [1.807, 2.05) is 12.1 Å². The Hall–Kier alpha value is -3.44. The van der Waals surface area contributed by atoms with E-state index in [-0.39, 0.29) is 28.8 Å². The molecule has 1 heterocycles. The quantitative estimate of drug-likeness (QED) is 0.478. The number of ether oxygens (including phenoxy) is 2. The molecule has 0 aliphatic carbocycles. The minimum atomic E-state index is -0.321. The van der Waals surface area contributed by atoms with Gasteiger partial charge >= 0.3 is 0 Å². The van der Waals surface area contributed by atoms with Gasteiger partial charge in [0.15, 0.2) is 0 Å². The summed E-state index contributed by atoms with van der Waals surface area (Å²) in [6, 6.07) is 17.3. The number of hydrogen-bond acceptors (Lipinski definition) is 5. The second kappa shape index (κ2) is 7.89. The van der Waals surface area contributed by atoms with Crippen molar-refractivity contribution in [3.8, 4) is 28.4 Å². The van der Waals surface area contributed by atoms with Crippen molar-refractivity contribution in [2.24, 2.45) is 0 Å². The van der Waals surface area contributed by atoms with Crippen molar-refractivity contribution in [3.63, 3.8) is 0 Å². The Morgan fingerprint density at radius 3 is 2.41 bits per heavy atom. The Kier molecular flexibility index (Phi) is 5.14. The zero-order valence-electron chi connectivity index (χ0n) is 15.5. The molecule has 4 aromatic rings. The topological polar surface area (TPSA) is 68.9 Å². The van der Waals surface area contributed by atoms with Gasteiger partial charge in [0.05, 0.1) is 12.7 Å². The Labute approximate surface area is 171 Å². The maximum atomic E-state index is 12.9. The largest absolute Gasteiger partial charge is 0.507 e. The second-order valence-electron chi connectivity index (χ2n) is 6.44. The summed E-state index contributed by atoms with van der Waals surface area (Å²) in [5.74, 6) is 0.882. The first-order valence-electron chi connectivity index (χ1n) is 8.85. The van der Waals surface area contributed by atoms with Gasteiger partial charge in [0.1, 0.15) is 41.1 Å². The van der Waals surface area contributed by atoms with E-state index in [1.165, 1.54) is 12.3 Å². The van der Waals surface area contributed by atoms with Crippen molar-refractivity contribution in [1.29, 1.82) is 0 Å². The maximum Gasteiger partial charge on any atom is 0.204 e. The molecule has 0 bridgehead atoms. The third-order valence-electron chi connectivity index (χ3n) is 4.55. The molecule has 1 N–H and O–H groups in total. The lowest BCUT2D eigenvalue weighted by atomic mass is 10.0. The van der Waals surface area contributed by atoms with Crippen LogP contribution in [0.4, 0.5) is 0 Å². The summed E-state index contributed by atoms with van der Waals surface area (Å²) in [4.78, 5) is 12.9. The van der Waals surface area contributed by atoms with Crippen molar-refractivity contribution < 1.29 is 19.0 Å². The average Bonchev–Trinajstić information content (AvgIpc) is 2.73. The number of hydrogen-bond donors (Lipinski definition) is 1. The van der Waals surface area contributed by atoms with Crippen LogP contribution in [0, 0.1) is 0 Å². The molecule has 0 aliphatic heterocycles. The standard InChI is InChI=1S/C23H17ClO5/c1-27-17-8-4-15(5-9-17)19-13-29-21-11-18(10-20(25)22(21)23(19)26)28-12-14-2-6-16(24)7-3-14/h2-11,13,25H,12H2,1H3. The fourth-order valence-electron chi connectivity index (χ4n) is 3.01. The second-order valence-corrected chi connectivity index (χ2v) is 6.87. The number of aromatic hydroxyl groups is 1. The summed E-state index contributed by atoms with van der Waals surface area (Å²) in [6.07, 6.45) is 1.38. The molecular weight excluding hydrogens is 392 g/mol. The molecule has 3 aromatic carbocycles. The van der Waals surface area contributed by atoms with Gasteiger partial charge in [-0.2, -0.15) is 0 Å². The molecule has 146 valence electrons. The van der Waals surface area contributed by atoms with E-state index in [9.17, 15) is 9.90 Å². The number of methoxy groups -OCH3 is 1. The number of phenolic OH excluding ortho intramolecular Hbond substituents is 1. The summed E-state index contributed by atoms with van der Waals surface area (Å²) in [5, 5.41) is 11.2. The molecule has 0 atom stereocenters. The van der Waals surface area contributed by atoms with Crippen molar-refractivity contribution >= 4 is 22.6 Å². The molecular formula is C23H17ClO5. The van der Waals surface area contributed by atoms with E-state index in [0.717, 1.165) is 5.56 Å². The first kappa shape index (κ1) is 18.9. The van der Waals surface area contributed by atoms with Gasteiger partial charge in [0.25, 0.3) is 0 Å². The smallest absolute Gasteiger partial charge is 0.204 e. The summed E-state index contributed by atoms with van der Waals surface area (Å²) >= 11 is 5.88. The van der Waals surface area contributed by atoms with E-state index in [0.29, 0.717) is 27.6 Å². The molecule has 29 heavy (non-hydrogen) atoms. The number of fused-ring (bicyclic) bond motifs is 1. The van der Waals surface area contributed by atoms with Crippen LogP contribution < -0.4 is 14.9 Å². The molecule has 0 saturated carbocycles. The predicted octanol–water partition coefficient (Wildman–Crippen LogP) is 5.41. The molecule has 0 unspecified atom stereocenters. The van der Waals surface area contributed by atoms with Crippen molar-refractivity contribution in [2.75, 3.05) is 7.11 Å². The van der Waals surface area contributed by atoms with Crippen LogP contribution in [0.1, 0.15) is 5.56 Å². The molecule has 0 saturated heterocycles. The lowest BCUT2D eigenvalue weighted by Gasteiger charge is -2.09. The number of halogens is 1. The maximum absolute atomic E-state index is 12.9. The highest BCUT2D eigenvalue weighted by atomic mass is 35.5. The highest BCUT2D eigenvalue weighted by Gasteiger charge is 2.14. The lowest BCUT2D eigenvalue weighted by molar-refractivity contribution is 0.304. The van der Waals surface area contributed by atoms with Crippen LogP contribution in [-0.2, 0) is 6.61 Å². The van der Waals surface area contributed by atoms with Gasteiger partial charge in [-0.05, 0) is 35.4 Å². The Bertz CT molecular complexity index is 1210. The molecule has 0 radical (unpaired) electrons. The fraction of sp³-hybridized carbons (Fsp3) is 0.0870. The third kappa shape index (κ3) is 3.91. The molecule has 0 spiro atoms. The monoisotopic (exact) mass is 408 g/mol. The van der Waals surface area contributed by atoms with Gasteiger partial charge in [-0.3, -0.25) is 4.79 Å². The van der Waals surface area contributed by atoms with Crippen LogP contribution in [0.25, 0.3) is 22.1 Å². The zero-order chi connectivity index (χ0) is 20.4. The van der Waals surface area contributed by atoms with Crippen molar-refractivity contribution in [2.45, 2.75) is 6.61 Å². The van der Waals surface area contributed by atoms with Gasteiger partial charge in [-0.25, -0.2) is 0 Å².